The van der Waals surface area contributed by atoms with Crippen molar-refractivity contribution in [2.24, 2.45) is 5.10 Å². The van der Waals surface area contributed by atoms with Gasteiger partial charge >= 0.3 is 0 Å². The number of ether oxygens (including phenoxy) is 2. The van der Waals surface area contributed by atoms with E-state index in [1.807, 2.05) is 45.2 Å². The molecule has 3 N–H and O–H groups in total. The molecule has 1 aliphatic heterocycles. The van der Waals surface area contributed by atoms with Crippen molar-refractivity contribution in [2.75, 3.05) is 6.79 Å². The van der Waals surface area contributed by atoms with Crippen LogP contribution in [0.3, 0.4) is 0 Å². The van der Waals surface area contributed by atoms with E-state index in [1.165, 1.54) is 12.3 Å². The van der Waals surface area contributed by atoms with Crippen molar-refractivity contribution < 1.29 is 24.2 Å². The molecule has 0 fully saturated rings. The Kier molecular flexibility index (Phi) is 7.67. The van der Waals surface area contributed by atoms with Crippen LogP contribution in [-0.4, -0.2) is 29.9 Å². The van der Waals surface area contributed by atoms with Crippen LogP contribution in [0.4, 0.5) is 0 Å². The number of nitrogens with one attached hydrogen (secondary N) is 2. The summed E-state index contributed by atoms with van der Waals surface area (Å²) in [5, 5.41) is 16.6. The molecule has 0 atom stereocenters. The largest absolute Gasteiger partial charge is 0.506 e. The summed E-state index contributed by atoms with van der Waals surface area (Å²) in [7, 11) is 0. The summed E-state index contributed by atoms with van der Waals surface area (Å²) in [5.41, 5.74) is 4.17. The van der Waals surface area contributed by atoms with Gasteiger partial charge in [0, 0.05) is 5.56 Å². The molecule has 0 aromatic heterocycles. The van der Waals surface area contributed by atoms with E-state index in [2.05, 4.69) is 15.8 Å². The fourth-order valence-corrected chi connectivity index (χ4v) is 4.81. The van der Waals surface area contributed by atoms with E-state index in [9.17, 15) is 14.7 Å². The smallest absolute Gasteiger partial charge is 0.287 e. The average molecular weight is 681 g/mol. The van der Waals surface area contributed by atoms with Crippen molar-refractivity contribution >= 4 is 69.3 Å². The second kappa shape index (κ2) is 10.9. The van der Waals surface area contributed by atoms with Gasteiger partial charge in [-0.25, -0.2) is 5.43 Å². The molecule has 0 aliphatic carbocycles. The molecule has 10 heteroatoms. The van der Waals surface area contributed by atoms with Crippen LogP contribution in [0.1, 0.15) is 21.5 Å². The first kappa shape index (κ1) is 24.0. The van der Waals surface area contributed by atoms with E-state index in [4.69, 9.17) is 9.47 Å². The molecule has 3 aromatic carbocycles. The van der Waals surface area contributed by atoms with Crippen molar-refractivity contribution in [3.63, 3.8) is 0 Å². The Morgan fingerprint density at radius 1 is 0.941 bits per heavy atom. The second-order valence-electron chi connectivity index (χ2n) is 7.02. The average Bonchev–Trinajstić information content (AvgIpc) is 3.30. The molecular formula is C24H17I2N3O5. The molecular weight excluding hydrogens is 664 g/mol. The number of phenols is 1. The number of aromatic hydroxyl groups is 1. The Morgan fingerprint density at radius 2 is 1.65 bits per heavy atom. The molecule has 34 heavy (non-hydrogen) atoms. The molecule has 0 radical (unpaired) electrons. The van der Waals surface area contributed by atoms with Gasteiger partial charge in [-0.3, -0.25) is 9.59 Å². The van der Waals surface area contributed by atoms with Gasteiger partial charge in [0.1, 0.15) is 11.4 Å². The number of hydrogen-bond donors (Lipinski definition) is 3. The number of hydrazone groups is 1. The fourth-order valence-electron chi connectivity index (χ4n) is 3.00. The van der Waals surface area contributed by atoms with Gasteiger partial charge in [-0.05, 0) is 98.8 Å². The lowest BCUT2D eigenvalue weighted by molar-refractivity contribution is -0.117. The summed E-state index contributed by atoms with van der Waals surface area (Å²) in [4.78, 5) is 25.6. The molecule has 3 aromatic rings. The summed E-state index contributed by atoms with van der Waals surface area (Å²) in [6, 6.07) is 17.2. The highest BCUT2D eigenvalue weighted by atomic mass is 127. The summed E-state index contributed by atoms with van der Waals surface area (Å²) < 4.78 is 12.0. The van der Waals surface area contributed by atoms with E-state index in [-0.39, 0.29) is 18.2 Å². The van der Waals surface area contributed by atoms with E-state index in [0.717, 1.165) is 0 Å². The number of hydrogen-bond acceptors (Lipinski definition) is 6. The summed E-state index contributed by atoms with van der Waals surface area (Å²) in [5.74, 6) is 0.312. The first-order valence-electron chi connectivity index (χ1n) is 9.90. The molecule has 4 rings (SSSR count). The zero-order valence-electron chi connectivity index (χ0n) is 17.4. The molecule has 2 amide bonds. The lowest BCUT2D eigenvalue weighted by Gasteiger charge is -2.09. The number of carbonyl (C=O) groups is 2. The monoisotopic (exact) mass is 681 g/mol. The molecule has 1 heterocycles. The number of amides is 2. The predicted molar refractivity (Wildman–Crippen MR) is 144 cm³/mol. The zero-order chi connectivity index (χ0) is 24.1. The number of halogens is 2. The van der Waals surface area contributed by atoms with Crippen LogP contribution in [0.15, 0.2) is 71.5 Å². The number of rotatable bonds is 6. The topological polar surface area (TPSA) is 109 Å². The van der Waals surface area contributed by atoms with E-state index in [0.29, 0.717) is 35.3 Å². The maximum Gasteiger partial charge on any atom is 0.287 e. The van der Waals surface area contributed by atoms with Crippen molar-refractivity contribution in [1.29, 1.82) is 0 Å². The van der Waals surface area contributed by atoms with Gasteiger partial charge in [0.25, 0.3) is 11.8 Å². The summed E-state index contributed by atoms with van der Waals surface area (Å²) >= 11 is 4.03. The highest BCUT2D eigenvalue weighted by Gasteiger charge is 2.17. The van der Waals surface area contributed by atoms with E-state index >= 15 is 0 Å². The Bertz CT molecular complexity index is 1290. The van der Waals surface area contributed by atoms with Gasteiger partial charge in [-0.1, -0.05) is 24.3 Å². The van der Waals surface area contributed by atoms with Crippen LogP contribution in [0.2, 0.25) is 0 Å². The van der Waals surface area contributed by atoms with Gasteiger partial charge in [0.2, 0.25) is 6.79 Å². The quantitative estimate of drug-likeness (QED) is 0.156. The molecule has 0 spiro atoms. The lowest BCUT2D eigenvalue weighted by Crippen LogP contribution is -2.32. The SMILES string of the molecule is O=C(NN=Cc1cc(I)c(O)c(I)c1)C(=Cc1ccc2c(c1)OCO2)NC(=O)c1ccccc1. The molecule has 0 unspecified atom stereocenters. The predicted octanol–water partition coefficient (Wildman–Crippen LogP) is 4.25. The van der Waals surface area contributed by atoms with Gasteiger partial charge in [-0.15, -0.1) is 0 Å². The van der Waals surface area contributed by atoms with Crippen molar-refractivity contribution in [2.45, 2.75) is 0 Å². The third-order valence-electron chi connectivity index (χ3n) is 4.66. The van der Waals surface area contributed by atoms with Gasteiger partial charge in [0.05, 0.1) is 13.4 Å². The minimum Gasteiger partial charge on any atom is -0.506 e. The Labute approximate surface area is 222 Å². The van der Waals surface area contributed by atoms with E-state index in [1.54, 1.807) is 60.7 Å². The minimum absolute atomic E-state index is 0.000245. The molecule has 8 nitrogen and oxygen atoms in total. The van der Waals surface area contributed by atoms with Crippen LogP contribution >= 0.6 is 45.2 Å². The number of benzene rings is 3. The molecule has 0 bridgehead atoms. The highest BCUT2D eigenvalue weighted by molar-refractivity contribution is 14.1. The van der Waals surface area contributed by atoms with Crippen molar-refractivity contribution in [3.05, 3.63) is 90.2 Å². The third kappa shape index (κ3) is 5.86. The van der Waals surface area contributed by atoms with Crippen LogP contribution in [0.5, 0.6) is 17.2 Å². The minimum atomic E-state index is -0.610. The molecule has 0 saturated carbocycles. The first-order chi connectivity index (χ1) is 16.4. The normalized spacial score (nSPS) is 12.6. The Hall–Kier alpha value is -3.13. The molecule has 1 aliphatic rings. The Balaban J connectivity index is 1.56. The summed E-state index contributed by atoms with van der Waals surface area (Å²) in [6.07, 6.45) is 2.99. The van der Waals surface area contributed by atoms with Crippen LogP contribution in [0.25, 0.3) is 6.08 Å². The lowest BCUT2D eigenvalue weighted by atomic mass is 10.1. The number of nitrogens with zero attached hydrogens (tertiary/aromatic N) is 1. The first-order valence-corrected chi connectivity index (χ1v) is 12.1. The number of carbonyl (C=O) groups excluding carboxylic acids is 2. The zero-order valence-corrected chi connectivity index (χ0v) is 21.7. The highest BCUT2D eigenvalue weighted by Crippen LogP contribution is 2.33. The van der Waals surface area contributed by atoms with Crippen molar-refractivity contribution in [3.8, 4) is 17.2 Å². The van der Waals surface area contributed by atoms with Crippen molar-refractivity contribution in [1.82, 2.24) is 10.7 Å². The van der Waals surface area contributed by atoms with Crippen LogP contribution < -0.4 is 20.2 Å². The maximum absolute atomic E-state index is 12.9. The van der Waals surface area contributed by atoms with Crippen LogP contribution in [-0.2, 0) is 4.79 Å². The Morgan fingerprint density at radius 3 is 2.38 bits per heavy atom. The third-order valence-corrected chi connectivity index (χ3v) is 6.30. The second-order valence-corrected chi connectivity index (χ2v) is 9.35. The summed E-state index contributed by atoms with van der Waals surface area (Å²) in [6.45, 7) is 0.129. The van der Waals surface area contributed by atoms with Gasteiger partial charge in [-0.2, -0.15) is 5.10 Å². The maximum atomic E-state index is 12.9. The van der Waals surface area contributed by atoms with Gasteiger partial charge in [0.15, 0.2) is 11.5 Å². The number of fused-ring (bicyclic) bond motifs is 1. The number of phenolic OH excluding ortho intramolecular Hbond substituents is 1. The molecule has 0 saturated heterocycles. The standard InChI is InChI=1S/C24H17I2N3O5/c25-17-8-15(9-18(26)22(17)30)12-27-29-24(32)19(28-23(31)16-4-2-1-3-5-16)10-14-6-7-20-21(11-14)34-13-33-20/h1-12,30H,13H2,(H,28,31)(H,29,32). The van der Waals surface area contributed by atoms with Gasteiger partial charge < -0.3 is 19.9 Å². The fraction of sp³-hybridized carbons (Fsp3) is 0.0417. The van der Waals surface area contributed by atoms with Crippen LogP contribution in [0, 0.1) is 7.14 Å². The molecule has 172 valence electrons. The van der Waals surface area contributed by atoms with E-state index < -0.39 is 11.8 Å².